The first-order valence-corrected chi connectivity index (χ1v) is 10.7. The van der Waals surface area contributed by atoms with E-state index >= 15 is 0 Å². The van der Waals surface area contributed by atoms with Crippen LogP contribution in [-0.4, -0.2) is 25.0 Å². The number of aromatic nitrogens is 5. The van der Waals surface area contributed by atoms with E-state index in [-0.39, 0.29) is 11.1 Å². The van der Waals surface area contributed by atoms with Gasteiger partial charge >= 0.3 is 0 Å². The molecule has 28 heavy (non-hydrogen) atoms. The second kappa shape index (κ2) is 7.14. The van der Waals surface area contributed by atoms with E-state index in [1.807, 2.05) is 18.4 Å². The van der Waals surface area contributed by atoms with Gasteiger partial charge in [-0.3, -0.25) is 4.57 Å². The third-order valence-corrected chi connectivity index (χ3v) is 6.39. The molecule has 1 fully saturated rings. The van der Waals surface area contributed by atoms with Gasteiger partial charge < -0.3 is 4.42 Å². The van der Waals surface area contributed by atoms with E-state index in [1.54, 1.807) is 35.2 Å². The summed E-state index contributed by atoms with van der Waals surface area (Å²) < 4.78 is 21.1. The van der Waals surface area contributed by atoms with Gasteiger partial charge in [-0.25, -0.2) is 4.39 Å². The van der Waals surface area contributed by atoms with Gasteiger partial charge in [-0.2, -0.15) is 0 Å². The van der Waals surface area contributed by atoms with Gasteiger partial charge in [-0.1, -0.05) is 17.8 Å². The second-order valence-electron chi connectivity index (χ2n) is 6.60. The first-order chi connectivity index (χ1) is 13.7. The molecule has 0 bridgehead atoms. The summed E-state index contributed by atoms with van der Waals surface area (Å²) in [5.74, 6) is 1.51. The van der Waals surface area contributed by atoms with Crippen molar-refractivity contribution in [1.29, 1.82) is 0 Å². The maximum atomic E-state index is 13.1. The Bertz CT molecular complexity index is 1090. The van der Waals surface area contributed by atoms with Crippen molar-refractivity contribution < 1.29 is 8.81 Å². The molecule has 0 saturated heterocycles. The van der Waals surface area contributed by atoms with Crippen molar-refractivity contribution in [1.82, 2.24) is 25.0 Å². The van der Waals surface area contributed by atoms with E-state index in [1.165, 1.54) is 12.1 Å². The Hall–Kier alpha value is -2.52. The molecule has 0 aliphatic heterocycles. The molecule has 0 unspecified atom stereocenters. The largest absolute Gasteiger partial charge is 0.419 e. The van der Waals surface area contributed by atoms with Crippen molar-refractivity contribution in [3.05, 3.63) is 53.5 Å². The van der Waals surface area contributed by atoms with Crippen molar-refractivity contribution in [2.45, 2.75) is 36.2 Å². The number of hydrogen-bond donors (Lipinski definition) is 0. The molecule has 4 aromatic rings. The molecule has 3 heterocycles. The number of thiophene rings is 1. The fourth-order valence-electron chi connectivity index (χ4n) is 2.91. The van der Waals surface area contributed by atoms with Crippen molar-refractivity contribution in [3.63, 3.8) is 0 Å². The fourth-order valence-corrected chi connectivity index (χ4v) is 4.56. The topological polar surface area (TPSA) is 69.6 Å². The molecule has 1 aliphatic rings. The highest BCUT2D eigenvalue weighted by atomic mass is 32.2. The van der Waals surface area contributed by atoms with Crippen LogP contribution in [0.4, 0.5) is 4.39 Å². The Kier molecular flexibility index (Phi) is 4.48. The van der Waals surface area contributed by atoms with Crippen LogP contribution in [-0.2, 0) is 0 Å². The summed E-state index contributed by atoms with van der Waals surface area (Å²) in [6.45, 7) is 2.00. The molecule has 1 atom stereocenters. The Morgan fingerprint density at radius 2 is 1.96 bits per heavy atom. The van der Waals surface area contributed by atoms with Crippen molar-refractivity contribution in [2.24, 2.45) is 0 Å². The molecular weight excluding hydrogens is 397 g/mol. The predicted octanol–water partition coefficient (Wildman–Crippen LogP) is 5.38. The maximum Gasteiger partial charge on any atom is 0.247 e. The van der Waals surface area contributed by atoms with Crippen molar-refractivity contribution >= 4 is 23.1 Å². The summed E-state index contributed by atoms with van der Waals surface area (Å²) >= 11 is 3.22. The van der Waals surface area contributed by atoms with E-state index in [0.717, 1.165) is 28.7 Å². The fraction of sp³-hybridized carbons (Fsp3) is 0.263. The number of thioether (sulfide) groups is 1. The zero-order valence-electron chi connectivity index (χ0n) is 14.9. The SMILES string of the molecule is C[C@H](Sc1nnc(-c2cccs2)n1C1CC1)c1nnc(-c2ccc(F)cc2)o1. The highest BCUT2D eigenvalue weighted by molar-refractivity contribution is 7.99. The molecule has 0 N–H and O–H groups in total. The van der Waals surface area contributed by atoms with E-state index in [9.17, 15) is 4.39 Å². The van der Waals surface area contributed by atoms with Gasteiger partial charge in [0.25, 0.3) is 0 Å². The molecule has 1 saturated carbocycles. The van der Waals surface area contributed by atoms with Crippen molar-refractivity contribution in [3.8, 4) is 22.2 Å². The average Bonchev–Trinajstić information content (AvgIpc) is 3.12. The Morgan fingerprint density at radius 1 is 1.14 bits per heavy atom. The van der Waals surface area contributed by atoms with Crippen LogP contribution in [0.1, 0.15) is 36.9 Å². The first kappa shape index (κ1) is 17.6. The zero-order chi connectivity index (χ0) is 19.1. The molecule has 0 spiro atoms. The Balaban J connectivity index is 1.39. The number of rotatable bonds is 6. The van der Waals surface area contributed by atoms with Crippen LogP contribution in [0.15, 0.2) is 51.4 Å². The van der Waals surface area contributed by atoms with Gasteiger partial charge in [-0.15, -0.1) is 31.7 Å². The molecular formula is C19H16FN5OS2. The average molecular weight is 414 g/mol. The summed E-state index contributed by atoms with van der Waals surface area (Å²) in [5, 5.41) is 19.9. The van der Waals surface area contributed by atoms with Crippen LogP contribution in [0, 0.1) is 5.82 Å². The molecule has 3 aromatic heterocycles. The lowest BCUT2D eigenvalue weighted by atomic mass is 10.2. The molecule has 6 nitrogen and oxygen atoms in total. The van der Waals surface area contributed by atoms with Crippen LogP contribution in [0.2, 0.25) is 0 Å². The van der Waals surface area contributed by atoms with Gasteiger partial charge in [0.2, 0.25) is 11.8 Å². The number of nitrogens with zero attached hydrogens (tertiary/aromatic N) is 5. The van der Waals surface area contributed by atoms with Gasteiger partial charge in [0, 0.05) is 11.6 Å². The van der Waals surface area contributed by atoms with Crippen LogP contribution in [0.3, 0.4) is 0 Å². The van der Waals surface area contributed by atoms with E-state index < -0.39 is 0 Å². The molecule has 1 aromatic carbocycles. The number of hydrogen-bond acceptors (Lipinski definition) is 7. The number of benzene rings is 1. The van der Waals surface area contributed by atoms with Crippen LogP contribution < -0.4 is 0 Å². The molecule has 0 radical (unpaired) electrons. The lowest BCUT2D eigenvalue weighted by Crippen LogP contribution is -2.00. The third kappa shape index (κ3) is 3.35. The standard InChI is InChI=1S/C19H16FN5OS2/c1-11(17-22-23-18(26-17)12-4-6-13(20)7-5-12)28-19-24-21-16(15-3-2-10-27-15)25(19)14-8-9-14/h2-7,10-11,14H,8-9H2,1H3/t11-/m0/s1. The minimum atomic E-state index is -0.298. The van der Waals surface area contributed by atoms with E-state index in [4.69, 9.17) is 4.42 Å². The Labute approximate surface area is 168 Å². The zero-order valence-corrected chi connectivity index (χ0v) is 16.6. The van der Waals surface area contributed by atoms with Gasteiger partial charge in [0.05, 0.1) is 10.1 Å². The first-order valence-electron chi connectivity index (χ1n) is 8.94. The third-order valence-electron chi connectivity index (χ3n) is 4.48. The Morgan fingerprint density at radius 3 is 2.68 bits per heavy atom. The monoisotopic (exact) mass is 413 g/mol. The van der Waals surface area contributed by atoms with Crippen molar-refractivity contribution in [2.75, 3.05) is 0 Å². The van der Waals surface area contributed by atoms with Gasteiger partial charge in [-0.05, 0) is 55.5 Å². The minimum Gasteiger partial charge on any atom is -0.419 e. The molecule has 0 amide bonds. The second-order valence-corrected chi connectivity index (χ2v) is 8.85. The van der Waals surface area contributed by atoms with E-state index in [2.05, 4.69) is 31.0 Å². The summed E-state index contributed by atoms with van der Waals surface area (Å²) in [7, 11) is 0. The quantitative estimate of drug-likeness (QED) is 0.395. The summed E-state index contributed by atoms with van der Waals surface area (Å²) in [6, 6.07) is 10.6. The highest BCUT2D eigenvalue weighted by Crippen LogP contribution is 2.44. The van der Waals surface area contributed by atoms with Crippen LogP contribution in [0.5, 0.6) is 0 Å². The van der Waals surface area contributed by atoms with Crippen LogP contribution in [0.25, 0.3) is 22.2 Å². The summed E-state index contributed by atoms with van der Waals surface area (Å²) in [5.41, 5.74) is 0.693. The smallest absolute Gasteiger partial charge is 0.247 e. The summed E-state index contributed by atoms with van der Waals surface area (Å²) in [6.07, 6.45) is 2.29. The molecule has 1 aliphatic carbocycles. The van der Waals surface area contributed by atoms with Crippen LogP contribution >= 0.6 is 23.1 Å². The van der Waals surface area contributed by atoms with Gasteiger partial charge in [0.15, 0.2) is 11.0 Å². The lowest BCUT2D eigenvalue weighted by Gasteiger charge is -2.10. The molecule has 5 rings (SSSR count). The minimum absolute atomic E-state index is 0.0837. The number of halogens is 1. The normalized spacial score (nSPS) is 15.1. The van der Waals surface area contributed by atoms with E-state index in [0.29, 0.717) is 23.4 Å². The highest BCUT2D eigenvalue weighted by Gasteiger charge is 2.31. The summed E-state index contributed by atoms with van der Waals surface area (Å²) in [4.78, 5) is 1.12. The lowest BCUT2D eigenvalue weighted by molar-refractivity contribution is 0.508. The maximum absolute atomic E-state index is 13.1. The molecule has 9 heteroatoms. The predicted molar refractivity (Wildman–Crippen MR) is 106 cm³/mol. The molecule has 142 valence electrons. The van der Waals surface area contributed by atoms with Gasteiger partial charge in [0.1, 0.15) is 5.82 Å².